The molecule has 57 heavy (non-hydrogen) atoms. The summed E-state index contributed by atoms with van der Waals surface area (Å²) in [6.07, 6.45) is 2.98. The summed E-state index contributed by atoms with van der Waals surface area (Å²) < 4.78 is 33.1. The van der Waals surface area contributed by atoms with E-state index in [0.29, 0.717) is 0 Å². The fourth-order valence-corrected chi connectivity index (χ4v) is 5.33. The van der Waals surface area contributed by atoms with Crippen LogP contribution in [0, 0.1) is 0 Å². The van der Waals surface area contributed by atoms with Crippen molar-refractivity contribution in [2.45, 2.75) is 18.1 Å². The molecule has 0 aliphatic carbocycles. The molecule has 3 N–H and O–H groups in total. The molecule has 4 heterocycles. The Bertz CT molecular complexity index is 2130. The first-order chi connectivity index (χ1) is 27.7. The van der Waals surface area contributed by atoms with E-state index in [9.17, 15) is 28.8 Å². The van der Waals surface area contributed by atoms with Crippen molar-refractivity contribution in [1.82, 2.24) is 30.9 Å². The Morgan fingerprint density at radius 3 is 0.982 bits per heavy atom. The van der Waals surface area contributed by atoms with Gasteiger partial charge in [-0.25, -0.2) is 29.3 Å². The number of esters is 3. The minimum Gasteiger partial charge on any atom is -0.459 e. The SMILES string of the molecule is O=C(OC[C@@H]1NC(=O)c2coc(n2)[C@H](COC(=O)c2ccccc2)NC(=O)c2coc(n2)[C@H](COC(=O)c2ccccc2)NC(=O)c2coc1n2)c1ccccc1. The van der Waals surface area contributed by atoms with Crippen molar-refractivity contribution in [3.8, 4) is 0 Å². The van der Waals surface area contributed by atoms with Crippen molar-refractivity contribution in [2.75, 3.05) is 19.8 Å². The Kier molecular flexibility index (Phi) is 11.2. The van der Waals surface area contributed by atoms with E-state index < -0.39 is 73.6 Å². The van der Waals surface area contributed by atoms with Crippen LogP contribution in [-0.2, 0) is 14.2 Å². The molecule has 3 aromatic heterocycles. The first kappa shape index (κ1) is 37.4. The Morgan fingerprint density at radius 2 is 0.719 bits per heavy atom. The van der Waals surface area contributed by atoms with Gasteiger partial charge in [-0.1, -0.05) is 54.6 Å². The number of fused-ring (bicyclic) bond motifs is 6. The predicted molar refractivity (Wildman–Crippen MR) is 190 cm³/mol. The lowest BCUT2D eigenvalue weighted by molar-refractivity contribution is 0.0437. The summed E-state index contributed by atoms with van der Waals surface area (Å²) >= 11 is 0. The maximum Gasteiger partial charge on any atom is 0.338 e. The zero-order valence-electron chi connectivity index (χ0n) is 29.5. The van der Waals surface area contributed by atoms with Gasteiger partial charge in [0.25, 0.3) is 17.7 Å². The Morgan fingerprint density at radius 1 is 0.456 bits per heavy atom. The molecule has 0 saturated carbocycles. The van der Waals surface area contributed by atoms with Gasteiger partial charge in [0.2, 0.25) is 17.7 Å². The number of aromatic nitrogens is 3. The summed E-state index contributed by atoms with van der Waals surface area (Å²) in [5.41, 5.74) is -0.187. The van der Waals surface area contributed by atoms with Crippen LogP contribution in [0.4, 0.5) is 0 Å². The summed E-state index contributed by atoms with van der Waals surface area (Å²) in [5, 5.41) is 7.81. The van der Waals surface area contributed by atoms with E-state index >= 15 is 0 Å². The maximum atomic E-state index is 13.6. The Hall–Kier alpha value is -7.89. The van der Waals surface area contributed by atoms with Gasteiger partial charge in [0.1, 0.15) is 56.7 Å². The minimum absolute atomic E-state index is 0.229. The van der Waals surface area contributed by atoms with Crippen LogP contribution in [0.15, 0.2) is 123 Å². The van der Waals surface area contributed by atoms with Crippen LogP contribution < -0.4 is 16.0 Å². The van der Waals surface area contributed by atoms with E-state index in [-0.39, 0.29) is 51.4 Å². The third-order valence-corrected chi connectivity index (χ3v) is 8.25. The molecule has 1 aliphatic heterocycles. The largest absolute Gasteiger partial charge is 0.459 e. The van der Waals surface area contributed by atoms with Crippen molar-refractivity contribution >= 4 is 35.6 Å². The molecule has 1 aliphatic rings. The van der Waals surface area contributed by atoms with Gasteiger partial charge >= 0.3 is 17.9 Å². The minimum atomic E-state index is -1.27. The monoisotopic (exact) mass is 774 g/mol. The van der Waals surface area contributed by atoms with Gasteiger partial charge in [-0.15, -0.1) is 0 Å². The molecule has 6 bridgehead atoms. The normalized spacial score (nSPS) is 16.8. The van der Waals surface area contributed by atoms with Crippen molar-refractivity contribution < 1.29 is 56.2 Å². The van der Waals surface area contributed by atoms with Gasteiger partial charge in [-0.05, 0) is 36.4 Å². The lowest BCUT2D eigenvalue weighted by Gasteiger charge is -2.16. The van der Waals surface area contributed by atoms with E-state index in [2.05, 4.69) is 30.9 Å². The molecule has 6 aromatic rings. The van der Waals surface area contributed by atoms with E-state index in [1.807, 2.05) is 0 Å². The number of hydrogen-bond donors (Lipinski definition) is 3. The molecule has 3 amide bonds. The molecule has 18 heteroatoms. The second-order valence-corrected chi connectivity index (χ2v) is 12.2. The second-order valence-electron chi connectivity index (χ2n) is 12.2. The molecule has 0 unspecified atom stereocenters. The lowest BCUT2D eigenvalue weighted by Crippen LogP contribution is -2.35. The number of nitrogens with zero attached hydrogens (tertiary/aromatic N) is 3. The lowest BCUT2D eigenvalue weighted by atomic mass is 10.2. The number of ether oxygens (including phenoxy) is 3. The van der Waals surface area contributed by atoms with Crippen LogP contribution in [0.5, 0.6) is 0 Å². The summed E-state index contributed by atoms with van der Waals surface area (Å²) in [5.74, 6) is -5.44. The van der Waals surface area contributed by atoms with Crippen LogP contribution in [0.3, 0.4) is 0 Å². The number of nitrogens with one attached hydrogen (secondary N) is 3. The number of carbonyl (C=O) groups excluding carboxylic acids is 6. The highest BCUT2D eigenvalue weighted by Gasteiger charge is 2.31. The van der Waals surface area contributed by atoms with Crippen LogP contribution in [0.2, 0.25) is 0 Å². The molecule has 288 valence electrons. The van der Waals surface area contributed by atoms with E-state index in [4.69, 9.17) is 27.5 Å². The van der Waals surface area contributed by atoms with E-state index in [1.165, 1.54) is 36.4 Å². The number of carbonyl (C=O) groups is 6. The van der Waals surface area contributed by atoms with Gasteiger partial charge in [-0.2, -0.15) is 0 Å². The van der Waals surface area contributed by atoms with Crippen LogP contribution in [0.1, 0.15) is 98.3 Å². The average Bonchev–Trinajstić information content (AvgIpc) is 4.05. The summed E-state index contributed by atoms with van der Waals surface area (Å²) in [6.45, 7) is -1.51. The van der Waals surface area contributed by atoms with Crippen LogP contribution in [0.25, 0.3) is 0 Å². The van der Waals surface area contributed by atoms with E-state index in [1.54, 1.807) is 54.6 Å². The van der Waals surface area contributed by atoms with Gasteiger partial charge in [0, 0.05) is 0 Å². The number of amides is 3. The van der Waals surface area contributed by atoms with Crippen molar-refractivity contribution in [2.24, 2.45) is 0 Å². The van der Waals surface area contributed by atoms with Gasteiger partial charge in [-0.3, -0.25) is 14.4 Å². The van der Waals surface area contributed by atoms with Gasteiger partial charge in [0.05, 0.1) is 16.7 Å². The molecule has 0 fully saturated rings. The molecular weight excluding hydrogens is 744 g/mol. The smallest absolute Gasteiger partial charge is 0.338 e. The molecule has 18 nitrogen and oxygen atoms in total. The number of benzene rings is 3. The number of rotatable bonds is 9. The molecule has 7 rings (SSSR count). The maximum absolute atomic E-state index is 13.6. The van der Waals surface area contributed by atoms with Gasteiger partial charge in [0.15, 0.2) is 17.1 Å². The molecular formula is C39H30N6O12. The molecule has 3 atom stereocenters. The molecule has 0 radical (unpaired) electrons. The first-order valence-electron chi connectivity index (χ1n) is 17.2. The average molecular weight is 775 g/mol. The third kappa shape index (κ3) is 9.08. The first-order valence-corrected chi connectivity index (χ1v) is 17.2. The number of hydrogen-bond acceptors (Lipinski definition) is 15. The highest BCUT2D eigenvalue weighted by molar-refractivity contribution is 5.94. The summed E-state index contributed by atoms with van der Waals surface area (Å²) in [6, 6.07) is 20.4. The second kappa shape index (κ2) is 17.1. The fourth-order valence-electron chi connectivity index (χ4n) is 5.33. The van der Waals surface area contributed by atoms with Crippen LogP contribution >= 0.6 is 0 Å². The summed E-state index contributed by atoms with van der Waals surface area (Å²) in [7, 11) is 0. The van der Waals surface area contributed by atoms with Crippen LogP contribution in [-0.4, -0.2) is 70.4 Å². The molecule has 0 saturated heterocycles. The van der Waals surface area contributed by atoms with Crippen molar-refractivity contribution in [1.29, 1.82) is 0 Å². The Balaban J connectivity index is 1.20. The highest BCUT2D eigenvalue weighted by Crippen LogP contribution is 2.21. The van der Waals surface area contributed by atoms with Gasteiger partial charge < -0.3 is 43.4 Å². The molecule has 0 spiro atoms. The van der Waals surface area contributed by atoms with Crippen molar-refractivity contribution in [3.63, 3.8) is 0 Å². The highest BCUT2D eigenvalue weighted by atomic mass is 16.5. The topological polar surface area (TPSA) is 244 Å². The summed E-state index contributed by atoms with van der Waals surface area (Å²) in [4.78, 5) is 91.8. The quantitative estimate of drug-likeness (QED) is 0.139. The fraction of sp³-hybridized carbons (Fsp3) is 0.154. The van der Waals surface area contributed by atoms with Crippen molar-refractivity contribution in [3.05, 3.63) is 161 Å². The standard InChI is InChI=1S/C39H30N6O12/c46-31-25-17-53-35(44-25)29(20-56-38(50)23-12-6-2-7-13-23)42-33(48)27-18-54-36(45-27)30(21-57-39(51)24-14-8-3-9-15-24)41-32(47)26-16-52-34(43-26)28(40-31)19-55-37(49)22-10-4-1-5-11-22/h1-18,28-30H,19-21H2,(H,40,46)(H,41,47)(H,42,48)/t28-,29-,30-/m0/s1. The number of oxazole rings is 3. The molecule has 3 aromatic carbocycles. The zero-order valence-corrected chi connectivity index (χ0v) is 29.5. The zero-order chi connectivity index (χ0) is 39.7. The predicted octanol–water partition coefficient (Wildman–Crippen LogP) is 3.95. The third-order valence-electron chi connectivity index (χ3n) is 8.25. The Labute approximate surface area is 321 Å². The van der Waals surface area contributed by atoms with E-state index in [0.717, 1.165) is 18.8 Å².